The second-order valence-electron chi connectivity index (χ2n) is 5.22. The summed E-state index contributed by atoms with van der Waals surface area (Å²) < 4.78 is 0. The normalized spacial score (nSPS) is 14.1. The van der Waals surface area contributed by atoms with E-state index in [9.17, 15) is 4.79 Å². The van der Waals surface area contributed by atoms with Gasteiger partial charge in [-0.05, 0) is 29.6 Å². The van der Waals surface area contributed by atoms with Crippen LogP contribution in [0.5, 0.6) is 0 Å². The van der Waals surface area contributed by atoms with Gasteiger partial charge < -0.3 is 21.7 Å². The number of hydrogen-bond acceptors (Lipinski definition) is 6. The molecule has 0 bridgehead atoms. The molecule has 2 aromatic rings. The topological polar surface area (TPSA) is 97.3 Å². The molecule has 1 aliphatic heterocycles. The van der Waals surface area contributed by atoms with Gasteiger partial charge in [-0.1, -0.05) is 72.4 Å². The van der Waals surface area contributed by atoms with Crippen LogP contribution in [0.1, 0.15) is 54.0 Å². The average molecular weight is 436 g/mol. The second-order valence-corrected chi connectivity index (χ2v) is 6.35. The molecule has 5 N–H and O–H groups in total. The summed E-state index contributed by atoms with van der Waals surface area (Å²) in [6.45, 7) is 14.7. The number of thioether (sulfide) groups is 1. The molecule has 6 nitrogen and oxygen atoms in total. The summed E-state index contributed by atoms with van der Waals surface area (Å²) in [4.78, 5) is 18.9. The van der Waals surface area contributed by atoms with Crippen molar-refractivity contribution in [2.24, 2.45) is 11.5 Å². The molecule has 0 saturated carbocycles. The zero-order valence-electron chi connectivity index (χ0n) is 20.1. The van der Waals surface area contributed by atoms with Gasteiger partial charge in [-0.2, -0.15) is 0 Å². The second kappa shape index (κ2) is 17.7. The Balaban J connectivity index is 0. The largest absolute Gasteiger partial charge is 0.354 e. The van der Waals surface area contributed by atoms with Gasteiger partial charge in [0, 0.05) is 36.8 Å². The van der Waals surface area contributed by atoms with Crippen molar-refractivity contribution < 1.29 is 4.79 Å². The van der Waals surface area contributed by atoms with E-state index >= 15 is 0 Å². The van der Waals surface area contributed by atoms with Gasteiger partial charge in [-0.3, -0.25) is 9.78 Å². The van der Waals surface area contributed by atoms with E-state index < -0.39 is 0 Å². The van der Waals surface area contributed by atoms with Crippen LogP contribution in [-0.4, -0.2) is 41.9 Å². The van der Waals surface area contributed by atoms with Gasteiger partial charge in [0.25, 0.3) is 5.91 Å². The molecule has 30 heavy (non-hydrogen) atoms. The highest BCUT2D eigenvalue weighted by Gasteiger charge is 2.32. The van der Waals surface area contributed by atoms with Gasteiger partial charge in [0.05, 0.1) is 0 Å². The quantitative estimate of drug-likeness (QED) is 0.637. The van der Waals surface area contributed by atoms with Crippen LogP contribution in [0.2, 0.25) is 0 Å². The van der Waals surface area contributed by atoms with E-state index in [1.54, 1.807) is 18.1 Å². The predicted molar refractivity (Wildman–Crippen MR) is 135 cm³/mol. The van der Waals surface area contributed by atoms with E-state index in [2.05, 4.69) is 16.4 Å². The number of carbonyl (C=O) groups is 1. The van der Waals surface area contributed by atoms with Crippen molar-refractivity contribution in [2.75, 3.05) is 20.6 Å². The minimum absolute atomic E-state index is 0.122. The van der Waals surface area contributed by atoms with Crippen LogP contribution < -0.4 is 16.8 Å². The van der Waals surface area contributed by atoms with E-state index in [0.717, 1.165) is 27.8 Å². The Morgan fingerprint density at radius 3 is 2.23 bits per heavy atom. The van der Waals surface area contributed by atoms with Crippen molar-refractivity contribution in [2.45, 2.75) is 54.0 Å². The van der Waals surface area contributed by atoms with E-state index in [0.29, 0.717) is 5.70 Å². The van der Waals surface area contributed by atoms with E-state index in [4.69, 9.17) is 11.5 Å². The van der Waals surface area contributed by atoms with Crippen LogP contribution in [0, 0.1) is 0 Å². The summed E-state index contributed by atoms with van der Waals surface area (Å²) in [6.07, 6.45) is 3.59. The zero-order chi connectivity index (χ0) is 23.7. The smallest absolute Gasteiger partial charge is 0.268 e. The van der Waals surface area contributed by atoms with Crippen molar-refractivity contribution in [3.05, 3.63) is 47.9 Å². The third kappa shape index (κ3) is 8.34. The molecule has 0 fully saturated rings. The van der Waals surface area contributed by atoms with E-state index in [-0.39, 0.29) is 11.4 Å². The van der Waals surface area contributed by atoms with Crippen LogP contribution in [0.25, 0.3) is 15.7 Å². The highest BCUT2D eigenvalue weighted by Crippen LogP contribution is 2.41. The maximum Gasteiger partial charge on any atom is 0.268 e. The molecule has 7 heteroatoms. The van der Waals surface area contributed by atoms with Crippen LogP contribution in [0.4, 0.5) is 0 Å². The Kier molecular flexibility index (Phi) is 17.8. The molecule has 3 rings (SSSR count). The lowest BCUT2D eigenvalue weighted by atomic mass is 10.1. The monoisotopic (exact) mass is 435 g/mol. The fourth-order valence-electron chi connectivity index (χ4n) is 2.35. The molecule has 1 aromatic heterocycles. The highest BCUT2D eigenvalue weighted by atomic mass is 32.2. The number of aromatic nitrogens is 1. The van der Waals surface area contributed by atoms with E-state index in [1.807, 2.05) is 79.9 Å². The standard InChI is InChI=1S/C15H16N4OS.C2H7N.3C2H6/c1-17-14(20)12-13(21-15(16)19(12)2)10-3-4-11-8-18-6-5-9(11)7-10;1-2-3;3*1-2/h3-8,15H,16H2,1-2H3,(H,17,20);2-3H2,1H3;3*1-2H3. The molecule has 1 amide bonds. The first-order chi connectivity index (χ1) is 14.5. The lowest BCUT2D eigenvalue weighted by molar-refractivity contribution is -0.118. The number of nitrogens with zero attached hydrogens (tertiary/aromatic N) is 2. The van der Waals surface area contributed by atoms with Crippen LogP contribution in [0.15, 0.2) is 42.4 Å². The fraction of sp³-hybridized carbons (Fsp3) is 0.478. The van der Waals surface area contributed by atoms with E-state index in [1.165, 1.54) is 11.8 Å². The maximum atomic E-state index is 12.1. The SMILES string of the molecule is CC.CC.CC.CCN.CNC(=O)C1=C(c2ccc3cnccc3c2)SC(N)N1C. The predicted octanol–water partition coefficient (Wildman–Crippen LogP) is 4.61. The number of likely N-dealkylation sites (N-methyl/N-ethyl adjacent to an activating group) is 2. The molecule has 0 spiro atoms. The number of pyridine rings is 1. The van der Waals surface area contributed by atoms with Crippen molar-refractivity contribution in [1.82, 2.24) is 15.2 Å². The van der Waals surface area contributed by atoms with Crippen LogP contribution in [-0.2, 0) is 4.79 Å². The molecule has 2 heterocycles. The summed E-state index contributed by atoms with van der Waals surface area (Å²) in [7, 11) is 3.46. The molecule has 1 aromatic carbocycles. The first kappa shape index (κ1) is 30.1. The number of fused-ring (bicyclic) bond motifs is 1. The Bertz CT molecular complexity index is 764. The third-order valence-electron chi connectivity index (χ3n) is 3.53. The Morgan fingerprint density at radius 1 is 1.13 bits per heavy atom. The Hall–Kier alpha value is -2.09. The summed E-state index contributed by atoms with van der Waals surface area (Å²) in [6, 6.07) is 8.04. The summed E-state index contributed by atoms with van der Waals surface area (Å²) in [5.41, 5.74) is 12.3. The summed E-state index contributed by atoms with van der Waals surface area (Å²) >= 11 is 1.49. The Labute approximate surface area is 187 Å². The third-order valence-corrected chi connectivity index (χ3v) is 4.76. The van der Waals surface area contributed by atoms with Crippen molar-refractivity contribution >= 4 is 33.3 Å². The van der Waals surface area contributed by atoms with Crippen molar-refractivity contribution in [1.29, 1.82) is 0 Å². The maximum absolute atomic E-state index is 12.1. The number of rotatable bonds is 2. The number of nitrogens with two attached hydrogens (primary N) is 2. The van der Waals surface area contributed by atoms with Crippen molar-refractivity contribution in [3.63, 3.8) is 0 Å². The highest BCUT2D eigenvalue weighted by molar-refractivity contribution is 8.09. The minimum atomic E-state index is -0.250. The molecule has 1 unspecified atom stereocenters. The molecule has 0 radical (unpaired) electrons. The minimum Gasteiger partial charge on any atom is -0.354 e. The van der Waals surface area contributed by atoms with Gasteiger partial charge in [-0.15, -0.1) is 0 Å². The number of nitrogens with one attached hydrogen (secondary N) is 1. The molecule has 1 aliphatic rings. The fourth-order valence-corrected chi connectivity index (χ4v) is 3.47. The average Bonchev–Trinajstić information content (AvgIpc) is 3.12. The molecular formula is C23H41N5OS. The number of carbonyl (C=O) groups excluding carboxylic acids is 1. The summed E-state index contributed by atoms with van der Waals surface area (Å²) in [5, 5.41) is 4.84. The number of benzene rings is 1. The number of amides is 1. The summed E-state index contributed by atoms with van der Waals surface area (Å²) in [5.74, 6) is -0.122. The number of hydrogen-bond donors (Lipinski definition) is 3. The van der Waals surface area contributed by atoms with Crippen LogP contribution in [0.3, 0.4) is 0 Å². The van der Waals surface area contributed by atoms with Gasteiger partial charge >= 0.3 is 0 Å². The van der Waals surface area contributed by atoms with Crippen molar-refractivity contribution in [3.8, 4) is 0 Å². The van der Waals surface area contributed by atoms with Gasteiger partial charge in [0.15, 0.2) is 0 Å². The first-order valence-electron chi connectivity index (χ1n) is 10.7. The zero-order valence-corrected chi connectivity index (χ0v) is 20.9. The molecule has 0 aliphatic carbocycles. The first-order valence-corrected chi connectivity index (χ1v) is 11.6. The molecular weight excluding hydrogens is 394 g/mol. The molecule has 170 valence electrons. The van der Waals surface area contributed by atoms with Gasteiger partial charge in [-0.25, -0.2) is 0 Å². The van der Waals surface area contributed by atoms with Gasteiger partial charge in [0.1, 0.15) is 11.2 Å². The van der Waals surface area contributed by atoms with Gasteiger partial charge in [0.2, 0.25) is 0 Å². The lowest BCUT2D eigenvalue weighted by Crippen LogP contribution is -2.36. The molecule has 0 saturated heterocycles. The molecule has 1 atom stereocenters. The van der Waals surface area contributed by atoms with Crippen LogP contribution >= 0.6 is 11.8 Å². The Morgan fingerprint density at radius 2 is 1.70 bits per heavy atom. The lowest BCUT2D eigenvalue weighted by Gasteiger charge is -2.19.